The van der Waals surface area contributed by atoms with Crippen molar-refractivity contribution in [3.8, 4) is 0 Å². The molecule has 0 radical (unpaired) electrons. The number of carbonyl (C=O) groups is 1. The van der Waals surface area contributed by atoms with E-state index in [2.05, 4.69) is 21.2 Å². The molecule has 1 aliphatic heterocycles. The Labute approximate surface area is 119 Å². The smallest absolute Gasteiger partial charge is 0.251 e. The minimum atomic E-state index is -3.84. The highest BCUT2D eigenvalue weighted by atomic mass is 79.9. The van der Waals surface area contributed by atoms with Crippen LogP contribution >= 0.6 is 15.9 Å². The van der Waals surface area contributed by atoms with E-state index in [0.29, 0.717) is 17.7 Å². The van der Waals surface area contributed by atoms with E-state index in [1.165, 1.54) is 12.1 Å². The van der Waals surface area contributed by atoms with E-state index in [1.54, 1.807) is 6.07 Å². The standard InChI is InChI=1S/C11H13BrN2O4S/c12-8-3-7(4-10(5-8)19(13,16)17)11(15)14-9-1-2-18-6-9/h3-5,9H,1-2,6H2,(H,14,15)(H2,13,16,17). The number of nitrogens with two attached hydrogens (primary N) is 1. The molecule has 1 amide bonds. The number of hydrogen-bond donors (Lipinski definition) is 2. The number of ether oxygens (including phenoxy) is 1. The second-order valence-corrected chi connectivity index (χ2v) is 6.73. The summed E-state index contributed by atoms with van der Waals surface area (Å²) >= 11 is 3.16. The molecule has 1 saturated heterocycles. The molecule has 2 rings (SSSR count). The predicted octanol–water partition coefficient (Wildman–Crippen LogP) is 0.615. The van der Waals surface area contributed by atoms with Gasteiger partial charge in [0.25, 0.3) is 5.91 Å². The Hall–Kier alpha value is -0.960. The Balaban J connectivity index is 2.24. The molecule has 19 heavy (non-hydrogen) atoms. The molecular formula is C11H13BrN2O4S. The minimum absolute atomic E-state index is 0.0376. The molecule has 1 atom stereocenters. The zero-order chi connectivity index (χ0) is 14.0. The lowest BCUT2D eigenvalue weighted by Gasteiger charge is -2.11. The molecule has 8 heteroatoms. The van der Waals surface area contributed by atoms with Crippen LogP contribution in [0.3, 0.4) is 0 Å². The van der Waals surface area contributed by atoms with Crippen molar-refractivity contribution in [3.63, 3.8) is 0 Å². The van der Waals surface area contributed by atoms with Crippen LogP contribution < -0.4 is 10.5 Å². The molecule has 1 aromatic rings. The summed E-state index contributed by atoms with van der Waals surface area (Å²) in [5, 5.41) is 7.84. The minimum Gasteiger partial charge on any atom is -0.379 e. The van der Waals surface area contributed by atoms with Gasteiger partial charge in [0.05, 0.1) is 17.5 Å². The highest BCUT2D eigenvalue weighted by Crippen LogP contribution is 2.19. The van der Waals surface area contributed by atoms with E-state index in [4.69, 9.17) is 9.88 Å². The van der Waals surface area contributed by atoms with Gasteiger partial charge in [0.1, 0.15) is 0 Å². The van der Waals surface area contributed by atoms with Gasteiger partial charge < -0.3 is 10.1 Å². The average Bonchev–Trinajstić information content (AvgIpc) is 2.79. The molecule has 3 N–H and O–H groups in total. The van der Waals surface area contributed by atoms with Crippen LogP contribution in [0.25, 0.3) is 0 Å². The normalized spacial score (nSPS) is 19.4. The summed E-state index contributed by atoms with van der Waals surface area (Å²) < 4.78 is 28.3. The van der Waals surface area contributed by atoms with E-state index >= 15 is 0 Å². The zero-order valence-electron chi connectivity index (χ0n) is 9.93. The van der Waals surface area contributed by atoms with Crippen molar-refractivity contribution in [2.75, 3.05) is 13.2 Å². The van der Waals surface area contributed by atoms with Crippen LogP contribution in [-0.2, 0) is 14.8 Å². The summed E-state index contributed by atoms with van der Waals surface area (Å²) in [4.78, 5) is 11.9. The largest absolute Gasteiger partial charge is 0.379 e. The van der Waals surface area contributed by atoms with Crippen LogP contribution in [0.4, 0.5) is 0 Å². The fourth-order valence-electron chi connectivity index (χ4n) is 1.78. The third-order valence-corrected chi connectivity index (χ3v) is 4.08. The lowest BCUT2D eigenvalue weighted by atomic mass is 10.2. The van der Waals surface area contributed by atoms with Crippen molar-refractivity contribution >= 4 is 31.9 Å². The van der Waals surface area contributed by atoms with Gasteiger partial charge in [0, 0.05) is 16.6 Å². The van der Waals surface area contributed by atoms with E-state index in [-0.39, 0.29) is 22.4 Å². The Morgan fingerprint density at radius 2 is 2.16 bits per heavy atom. The maximum absolute atomic E-state index is 12.0. The van der Waals surface area contributed by atoms with Crippen molar-refractivity contribution in [2.45, 2.75) is 17.4 Å². The number of carbonyl (C=O) groups excluding carboxylic acids is 1. The number of halogens is 1. The predicted molar refractivity (Wildman–Crippen MR) is 72.2 cm³/mol. The Morgan fingerprint density at radius 3 is 2.74 bits per heavy atom. The lowest BCUT2D eigenvalue weighted by molar-refractivity contribution is 0.0929. The first kappa shape index (κ1) is 14.4. The summed E-state index contributed by atoms with van der Waals surface area (Å²) in [5.74, 6) is -0.346. The number of rotatable bonds is 3. The van der Waals surface area contributed by atoms with Crippen molar-refractivity contribution in [3.05, 3.63) is 28.2 Å². The van der Waals surface area contributed by atoms with Gasteiger partial charge in [0.2, 0.25) is 10.0 Å². The van der Waals surface area contributed by atoms with Gasteiger partial charge in [0.15, 0.2) is 0 Å². The van der Waals surface area contributed by atoms with E-state index in [1.807, 2.05) is 0 Å². The van der Waals surface area contributed by atoms with E-state index in [0.717, 1.165) is 6.42 Å². The highest BCUT2D eigenvalue weighted by molar-refractivity contribution is 9.10. The molecule has 1 unspecified atom stereocenters. The first-order valence-electron chi connectivity index (χ1n) is 5.58. The molecule has 0 aromatic heterocycles. The lowest BCUT2D eigenvalue weighted by Crippen LogP contribution is -2.35. The van der Waals surface area contributed by atoms with Crippen LogP contribution in [0.2, 0.25) is 0 Å². The molecule has 1 heterocycles. The summed E-state index contributed by atoms with van der Waals surface area (Å²) in [6.45, 7) is 1.09. The van der Waals surface area contributed by atoms with Crippen molar-refractivity contribution in [2.24, 2.45) is 5.14 Å². The number of hydrogen-bond acceptors (Lipinski definition) is 4. The molecule has 0 spiro atoms. The van der Waals surface area contributed by atoms with Crippen LogP contribution in [-0.4, -0.2) is 33.6 Å². The van der Waals surface area contributed by atoms with Gasteiger partial charge in [-0.05, 0) is 24.6 Å². The van der Waals surface area contributed by atoms with Gasteiger partial charge in [-0.1, -0.05) is 15.9 Å². The third kappa shape index (κ3) is 3.75. The van der Waals surface area contributed by atoms with Crippen LogP contribution in [0.15, 0.2) is 27.6 Å². The topological polar surface area (TPSA) is 98.5 Å². The number of nitrogens with one attached hydrogen (secondary N) is 1. The van der Waals surface area contributed by atoms with Crippen LogP contribution in [0.5, 0.6) is 0 Å². The fourth-order valence-corrected chi connectivity index (χ4v) is 3.00. The number of benzene rings is 1. The summed E-state index contributed by atoms with van der Waals surface area (Å²) in [5.41, 5.74) is 0.241. The molecule has 104 valence electrons. The Morgan fingerprint density at radius 1 is 1.42 bits per heavy atom. The Bertz CT molecular complexity index is 597. The van der Waals surface area contributed by atoms with Gasteiger partial charge in [-0.2, -0.15) is 0 Å². The second kappa shape index (κ2) is 5.58. The molecule has 0 bridgehead atoms. The number of primary sulfonamides is 1. The third-order valence-electron chi connectivity index (χ3n) is 2.73. The highest BCUT2D eigenvalue weighted by Gasteiger charge is 2.20. The van der Waals surface area contributed by atoms with E-state index < -0.39 is 10.0 Å². The van der Waals surface area contributed by atoms with Gasteiger partial charge in [-0.3, -0.25) is 4.79 Å². The Kier molecular flexibility index (Phi) is 4.24. The van der Waals surface area contributed by atoms with Gasteiger partial charge >= 0.3 is 0 Å². The first-order chi connectivity index (χ1) is 8.86. The quantitative estimate of drug-likeness (QED) is 0.836. The summed E-state index contributed by atoms with van der Waals surface area (Å²) in [6, 6.07) is 4.11. The number of sulfonamides is 1. The van der Waals surface area contributed by atoms with Crippen LogP contribution in [0, 0.1) is 0 Å². The summed E-state index contributed by atoms with van der Waals surface area (Å²) in [6.07, 6.45) is 0.752. The van der Waals surface area contributed by atoms with Crippen LogP contribution in [0.1, 0.15) is 16.8 Å². The zero-order valence-corrected chi connectivity index (χ0v) is 12.3. The SMILES string of the molecule is NS(=O)(=O)c1cc(Br)cc(C(=O)NC2CCOC2)c1. The second-order valence-electron chi connectivity index (χ2n) is 4.25. The molecule has 0 aliphatic carbocycles. The van der Waals surface area contributed by atoms with Crippen molar-refractivity contribution in [1.82, 2.24) is 5.32 Å². The molecule has 1 aliphatic rings. The molecular weight excluding hydrogens is 336 g/mol. The monoisotopic (exact) mass is 348 g/mol. The summed E-state index contributed by atoms with van der Waals surface area (Å²) in [7, 11) is -3.84. The number of amides is 1. The molecule has 6 nitrogen and oxygen atoms in total. The van der Waals surface area contributed by atoms with Crippen molar-refractivity contribution < 1.29 is 17.9 Å². The average molecular weight is 349 g/mol. The fraction of sp³-hybridized carbons (Fsp3) is 0.364. The van der Waals surface area contributed by atoms with Gasteiger partial charge in [-0.25, -0.2) is 13.6 Å². The first-order valence-corrected chi connectivity index (χ1v) is 7.92. The van der Waals surface area contributed by atoms with Gasteiger partial charge in [-0.15, -0.1) is 0 Å². The maximum atomic E-state index is 12.0. The van der Waals surface area contributed by atoms with Crippen molar-refractivity contribution in [1.29, 1.82) is 0 Å². The molecule has 1 fully saturated rings. The van der Waals surface area contributed by atoms with E-state index in [9.17, 15) is 13.2 Å². The maximum Gasteiger partial charge on any atom is 0.251 e. The molecule has 1 aromatic carbocycles. The molecule has 0 saturated carbocycles.